The SMILES string of the molecule is CC[C@@H](N)c1ccc(N2CCC(OC)C2)cn1. The van der Waals surface area contributed by atoms with Crippen molar-refractivity contribution in [3.8, 4) is 0 Å². The van der Waals surface area contributed by atoms with Crippen molar-refractivity contribution in [1.29, 1.82) is 0 Å². The van der Waals surface area contributed by atoms with E-state index in [0.717, 1.165) is 37.3 Å². The molecule has 1 aliphatic heterocycles. The van der Waals surface area contributed by atoms with Crippen molar-refractivity contribution in [3.05, 3.63) is 24.0 Å². The van der Waals surface area contributed by atoms with E-state index in [1.165, 1.54) is 0 Å². The fourth-order valence-electron chi connectivity index (χ4n) is 2.17. The summed E-state index contributed by atoms with van der Waals surface area (Å²) in [7, 11) is 1.77. The standard InChI is InChI=1S/C13H21N3O/c1-3-12(14)13-5-4-10(8-15-13)16-7-6-11(9-16)17-2/h4-5,8,11-12H,3,6-7,9,14H2,1-2H3/t11?,12-/m1/s1. The van der Waals surface area contributed by atoms with Crippen molar-refractivity contribution in [2.45, 2.75) is 31.9 Å². The zero-order valence-electron chi connectivity index (χ0n) is 10.6. The monoisotopic (exact) mass is 235 g/mol. The smallest absolute Gasteiger partial charge is 0.0762 e. The van der Waals surface area contributed by atoms with Crippen LogP contribution >= 0.6 is 0 Å². The largest absolute Gasteiger partial charge is 0.380 e. The van der Waals surface area contributed by atoms with Crippen molar-refractivity contribution in [3.63, 3.8) is 0 Å². The molecule has 0 saturated carbocycles. The average molecular weight is 235 g/mol. The maximum atomic E-state index is 5.95. The van der Waals surface area contributed by atoms with Gasteiger partial charge in [-0.15, -0.1) is 0 Å². The number of anilines is 1. The van der Waals surface area contributed by atoms with Gasteiger partial charge in [-0.25, -0.2) is 0 Å². The first kappa shape index (κ1) is 12.3. The molecule has 1 saturated heterocycles. The predicted molar refractivity (Wildman–Crippen MR) is 69.1 cm³/mol. The Morgan fingerprint density at radius 2 is 2.41 bits per heavy atom. The highest BCUT2D eigenvalue weighted by Gasteiger charge is 2.22. The third-order valence-electron chi connectivity index (χ3n) is 3.43. The molecule has 4 heteroatoms. The van der Waals surface area contributed by atoms with Crippen LogP contribution in [-0.2, 0) is 4.74 Å². The quantitative estimate of drug-likeness (QED) is 0.863. The minimum atomic E-state index is 0.0503. The first-order valence-electron chi connectivity index (χ1n) is 6.24. The number of methoxy groups -OCH3 is 1. The van der Waals surface area contributed by atoms with Gasteiger partial charge in [0.25, 0.3) is 0 Å². The van der Waals surface area contributed by atoms with Gasteiger partial charge in [0.2, 0.25) is 0 Å². The van der Waals surface area contributed by atoms with E-state index in [0.29, 0.717) is 6.10 Å². The van der Waals surface area contributed by atoms with Crippen LogP contribution in [0.2, 0.25) is 0 Å². The van der Waals surface area contributed by atoms with E-state index >= 15 is 0 Å². The molecule has 2 atom stereocenters. The van der Waals surface area contributed by atoms with Crippen LogP contribution in [-0.4, -0.2) is 31.3 Å². The summed E-state index contributed by atoms with van der Waals surface area (Å²) in [5.41, 5.74) is 8.08. The van der Waals surface area contributed by atoms with Gasteiger partial charge in [0, 0.05) is 26.2 Å². The zero-order chi connectivity index (χ0) is 12.3. The maximum absolute atomic E-state index is 5.95. The predicted octanol–water partition coefficient (Wildman–Crippen LogP) is 1.72. The van der Waals surface area contributed by atoms with Crippen LogP contribution in [0.15, 0.2) is 18.3 Å². The van der Waals surface area contributed by atoms with Crippen molar-refractivity contribution in [2.24, 2.45) is 5.73 Å². The second-order valence-electron chi connectivity index (χ2n) is 4.55. The molecule has 0 radical (unpaired) electrons. The Kier molecular flexibility index (Phi) is 3.97. The van der Waals surface area contributed by atoms with E-state index in [1.54, 1.807) is 7.11 Å². The Hall–Kier alpha value is -1.13. The summed E-state index contributed by atoms with van der Waals surface area (Å²) in [5.74, 6) is 0. The molecule has 2 heterocycles. The van der Waals surface area contributed by atoms with E-state index in [4.69, 9.17) is 10.5 Å². The van der Waals surface area contributed by atoms with Gasteiger partial charge in [0.05, 0.1) is 23.7 Å². The van der Waals surface area contributed by atoms with Crippen molar-refractivity contribution in [2.75, 3.05) is 25.1 Å². The lowest BCUT2D eigenvalue weighted by Crippen LogP contribution is -2.22. The van der Waals surface area contributed by atoms with Gasteiger partial charge in [0.1, 0.15) is 0 Å². The highest BCUT2D eigenvalue weighted by molar-refractivity contribution is 5.46. The molecule has 94 valence electrons. The highest BCUT2D eigenvalue weighted by atomic mass is 16.5. The lowest BCUT2D eigenvalue weighted by molar-refractivity contribution is 0.121. The second-order valence-corrected chi connectivity index (χ2v) is 4.55. The number of nitrogens with two attached hydrogens (primary N) is 1. The number of rotatable bonds is 4. The third kappa shape index (κ3) is 2.76. The fourth-order valence-corrected chi connectivity index (χ4v) is 2.17. The molecule has 1 unspecified atom stereocenters. The van der Waals surface area contributed by atoms with Crippen molar-refractivity contribution >= 4 is 5.69 Å². The Balaban J connectivity index is 2.03. The molecule has 0 spiro atoms. The molecule has 0 aromatic carbocycles. The van der Waals surface area contributed by atoms with Gasteiger partial charge >= 0.3 is 0 Å². The van der Waals surface area contributed by atoms with Crippen molar-refractivity contribution in [1.82, 2.24) is 4.98 Å². The Morgan fingerprint density at radius 1 is 1.59 bits per heavy atom. The summed E-state index contributed by atoms with van der Waals surface area (Å²) in [6.07, 6.45) is 4.28. The van der Waals surface area contributed by atoms with Gasteiger partial charge in [0.15, 0.2) is 0 Å². The summed E-state index contributed by atoms with van der Waals surface area (Å²) in [5, 5.41) is 0. The number of hydrogen-bond acceptors (Lipinski definition) is 4. The second kappa shape index (κ2) is 5.47. The minimum Gasteiger partial charge on any atom is -0.380 e. The highest BCUT2D eigenvalue weighted by Crippen LogP contribution is 2.22. The number of ether oxygens (including phenoxy) is 1. The molecule has 4 nitrogen and oxygen atoms in total. The molecule has 1 aromatic heterocycles. The van der Waals surface area contributed by atoms with E-state index in [9.17, 15) is 0 Å². The Morgan fingerprint density at radius 3 is 2.94 bits per heavy atom. The summed E-state index contributed by atoms with van der Waals surface area (Å²) in [6, 6.07) is 4.19. The molecule has 2 N–H and O–H groups in total. The fraction of sp³-hybridized carbons (Fsp3) is 0.615. The summed E-state index contributed by atoms with van der Waals surface area (Å²) in [6.45, 7) is 4.07. The van der Waals surface area contributed by atoms with Crippen LogP contribution < -0.4 is 10.6 Å². The molecule has 0 aliphatic carbocycles. The number of hydrogen-bond donors (Lipinski definition) is 1. The van der Waals surface area contributed by atoms with E-state index < -0.39 is 0 Å². The average Bonchev–Trinajstić information content (AvgIpc) is 2.87. The van der Waals surface area contributed by atoms with Crippen LogP contribution in [0.4, 0.5) is 5.69 Å². The summed E-state index contributed by atoms with van der Waals surface area (Å²) >= 11 is 0. The number of nitrogens with zero attached hydrogens (tertiary/aromatic N) is 2. The summed E-state index contributed by atoms with van der Waals surface area (Å²) in [4.78, 5) is 6.75. The molecular weight excluding hydrogens is 214 g/mol. The van der Waals surface area contributed by atoms with E-state index in [-0.39, 0.29) is 6.04 Å². The Bertz CT molecular complexity index is 352. The Labute approximate surface area is 103 Å². The minimum absolute atomic E-state index is 0.0503. The molecule has 0 amide bonds. The van der Waals surface area contributed by atoms with Gasteiger partial charge in [-0.3, -0.25) is 4.98 Å². The van der Waals surface area contributed by atoms with Crippen LogP contribution in [0.5, 0.6) is 0 Å². The summed E-state index contributed by atoms with van der Waals surface area (Å²) < 4.78 is 5.36. The van der Waals surface area contributed by atoms with Crippen LogP contribution in [0.25, 0.3) is 0 Å². The van der Waals surface area contributed by atoms with Crippen molar-refractivity contribution < 1.29 is 4.74 Å². The lowest BCUT2D eigenvalue weighted by Gasteiger charge is -2.18. The topological polar surface area (TPSA) is 51.4 Å². The zero-order valence-corrected chi connectivity index (χ0v) is 10.6. The molecule has 1 aromatic rings. The van der Waals surface area contributed by atoms with Gasteiger partial charge < -0.3 is 15.4 Å². The first-order valence-corrected chi connectivity index (χ1v) is 6.24. The van der Waals surface area contributed by atoms with Gasteiger partial charge in [-0.2, -0.15) is 0 Å². The molecule has 17 heavy (non-hydrogen) atoms. The third-order valence-corrected chi connectivity index (χ3v) is 3.43. The molecule has 1 fully saturated rings. The molecule has 2 rings (SSSR count). The van der Waals surface area contributed by atoms with Crippen LogP contribution in [0.1, 0.15) is 31.5 Å². The first-order chi connectivity index (χ1) is 8.24. The lowest BCUT2D eigenvalue weighted by atomic mass is 10.1. The molecule has 0 bridgehead atoms. The number of pyridine rings is 1. The maximum Gasteiger partial charge on any atom is 0.0762 e. The molecular formula is C13H21N3O. The van der Waals surface area contributed by atoms with E-state index in [2.05, 4.69) is 22.9 Å². The normalized spacial score (nSPS) is 21.8. The molecule has 1 aliphatic rings. The van der Waals surface area contributed by atoms with Crippen LogP contribution in [0.3, 0.4) is 0 Å². The van der Waals surface area contributed by atoms with Gasteiger partial charge in [-0.05, 0) is 25.0 Å². The number of aromatic nitrogens is 1. The van der Waals surface area contributed by atoms with E-state index in [1.807, 2.05) is 12.3 Å². The van der Waals surface area contributed by atoms with Crippen LogP contribution in [0, 0.1) is 0 Å². The van der Waals surface area contributed by atoms with Gasteiger partial charge in [-0.1, -0.05) is 6.92 Å².